The number of fused-ring (bicyclic) bond motifs is 1. The van der Waals surface area contributed by atoms with E-state index in [1.54, 1.807) is 60.8 Å². The molecule has 3 nitrogen and oxygen atoms in total. The molecule has 2 heterocycles. The van der Waals surface area contributed by atoms with Gasteiger partial charge >= 0.3 is 6.18 Å². The lowest BCUT2D eigenvalue weighted by molar-refractivity contribution is -0.122. The molecule has 4 rings (SSSR count). The highest BCUT2D eigenvalue weighted by molar-refractivity contribution is 6.00. The van der Waals surface area contributed by atoms with E-state index in [0.717, 1.165) is 5.69 Å². The van der Waals surface area contributed by atoms with Crippen molar-refractivity contribution in [3.05, 3.63) is 95.2 Å². The molecule has 31 heavy (non-hydrogen) atoms. The van der Waals surface area contributed by atoms with Gasteiger partial charge in [0.1, 0.15) is 0 Å². The number of allylic oxidation sites excluding steroid dienone is 1. The summed E-state index contributed by atoms with van der Waals surface area (Å²) in [7, 11) is 0. The van der Waals surface area contributed by atoms with Crippen molar-refractivity contribution in [2.24, 2.45) is 0 Å². The van der Waals surface area contributed by atoms with Gasteiger partial charge in [-0.2, -0.15) is 17.6 Å². The average Bonchev–Trinajstić information content (AvgIpc) is 3.14. The molecule has 158 valence electrons. The summed E-state index contributed by atoms with van der Waals surface area (Å²) < 4.78 is 55.1. The largest absolute Gasteiger partial charge is 0.393 e. The highest BCUT2D eigenvalue weighted by Gasteiger charge is 2.31. The van der Waals surface area contributed by atoms with E-state index in [-0.39, 0.29) is 11.0 Å². The SMILES string of the molecule is CCc1ccc(/C(=C(/CC(F)(F)F)c2ccccc2)c2ccc3[nH]nc(F)c3c2)cn1. The number of alkyl halides is 3. The molecule has 0 amide bonds. The van der Waals surface area contributed by atoms with Crippen molar-refractivity contribution in [1.29, 1.82) is 0 Å². The Kier molecular flexibility index (Phi) is 5.59. The fourth-order valence-electron chi connectivity index (χ4n) is 3.61. The molecule has 0 fully saturated rings. The van der Waals surface area contributed by atoms with E-state index in [4.69, 9.17) is 0 Å². The van der Waals surface area contributed by atoms with Crippen LogP contribution >= 0.6 is 0 Å². The molecular weight excluding hydrogens is 406 g/mol. The van der Waals surface area contributed by atoms with Crippen LogP contribution in [0.4, 0.5) is 17.6 Å². The number of halogens is 4. The number of H-pyrrole nitrogens is 1. The minimum absolute atomic E-state index is 0.0994. The van der Waals surface area contributed by atoms with Crippen LogP contribution in [0.2, 0.25) is 0 Å². The van der Waals surface area contributed by atoms with Crippen molar-refractivity contribution in [3.63, 3.8) is 0 Å². The van der Waals surface area contributed by atoms with Crippen LogP contribution in [0.3, 0.4) is 0 Å². The second kappa shape index (κ2) is 8.34. The minimum Gasteiger partial charge on any atom is -0.275 e. The van der Waals surface area contributed by atoms with Gasteiger partial charge in [0.15, 0.2) is 0 Å². The fraction of sp³-hybridized carbons (Fsp3) is 0.167. The number of hydrogen-bond acceptors (Lipinski definition) is 2. The van der Waals surface area contributed by atoms with Crippen LogP contribution in [0.25, 0.3) is 22.0 Å². The molecule has 2 aromatic carbocycles. The molecule has 0 bridgehead atoms. The first kappa shape index (κ1) is 20.8. The van der Waals surface area contributed by atoms with E-state index in [9.17, 15) is 17.6 Å². The Hall–Kier alpha value is -3.48. The molecule has 7 heteroatoms. The lowest BCUT2D eigenvalue weighted by Crippen LogP contribution is -2.10. The maximum atomic E-state index is 14.1. The zero-order valence-electron chi connectivity index (χ0n) is 16.7. The second-order valence-electron chi connectivity index (χ2n) is 7.18. The number of aryl methyl sites for hydroxylation is 1. The number of nitrogens with one attached hydrogen (secondary N) is 1. The highest BCUT2D eigenvalue weighted by Crippen LogP contribution is 2.39. The Labute approximate surface area is 176 Å². The third-order valence-electron chi connectivity index (χ3n) is 5.08. The highest BCUT2D eigenvalue weighted by atomic mass is 19.4. The lowest BCUT2D eigenvalue weighted by atomic mass is 9.88. The van der Waals surface area contributed by atoms with Crippen LogP contribution in [0.5, 0.6) is 0 Å². The summed E-state index contributed by atoms with van der Waals surface area (Å²) in [5, 5.41) is 6.34. The van der Waals surface area contributed by atoms with Gasteiger partial charge in [0, 0.05) is 17.5 Å². The Morgan fingerprint density at radius 3 is 2.32 bits per heavy atom. The van der Waals surface area contributed by atoms with Gasteiger partial charge in [-0.25, -0.2) is 0 Å². The van der Waals surface area contributed by atoms with Gasteiger partial charge in [0.25, 0.3) is 0 Å². The quantitative estimate of drug-likeness (QED) is 0.290. The smallest absolute Gasteiger partial charge is 0.275 e. The Morgan fingerprint density at radius 1 is 0.935 bits per heavy atom. The molecule has 0 aliphatic carbocycles. The van der Waals surface area contributed by atoms with Gasteiger partial charge < -0.3 is 0 Å². The molecule has 0 aliphatic rings. The fourth-order valence-corrected chi connectivity index (χ4v) is 3.61. The summed E-state index contributed by atoms with van der Waals surface area (Å²) in [5.41, 5.74) is 3.20. The predicted molar refractivity (Wildman–Crippen MR) is 113 cm³/mol. The zero-order valence-corrected chi connectivity index (χ0v) is 16.7. The van der Waals surface area contributed by atoms with Crippen molar-refractivity contribution in [2.75, 3.05) is 0 Å². The van der Waals surface area contributed by atoms with Crippen molar-refractivity contribution in [3.8, 4) is 0 Å². The monoisotopic (exact) mass is 425 g/mol. The molecule has 4 aromatic rings. The normalized spacial score (nSPS) is 12.8. The van der Waals surface area contributed by atoms with Crippen LogP contribution in [-0.2, 0) is 6.42 Å². The standard InChI is InChI=1S/C24H19F4N3/c1-2-18-10-8-17(14-29-18)22(16-9-11-21-19(12-16)23(25)31-30-21)20(13-24(26,27)28)15-6-4-3-5-7-15/h3-12,14H,2,13H2,1H3,(H,30,31)/b22-20-. The third kappa shape index (κ3) is 4.50. The van der Waals surface area contributed by atoms with E-state index in [0.29, 0.717) is 34.2 Å². The van der Waals surface area contributed by atoms with Crippen LogP contribution < -0.4 is 0 Å². The van der Waals surface area contributed by atoms with Gasteiger partial charge in [-0.1, -0.05) is 49.4 Å². The lowest BCUT2D eigenvalue weighted by Gasteiger charge is -2.19. The topological polar surface area (TPSA) is 41.6 Å². The van der Waals surface area contributed by atoms with E-state index in [2.05, 4.69) is 15.2 Å². The zero-order chi connectivity index (χ0) is 22.0. The van der Waals surface area contributed by atoms with Crippen molar-refractivity contribution >= 4 is 22.0 Å². The predicted octanol–water partition coefficient (Wildman–Crippen LogP) is 6.57. The van der Waals surface area contributed by atoms with Gasteiger partial charge in [0.2, 0.25) is 5.95 Å². The summed E-state index contributed by atoms with van der Waals surface area (Å²) in [4.78, 5) is 4.38. The Morgan fingerprint density at radius 2 is 1.68 bits per heavy atom. The number of rotatable bonds is 5. The number of benzene rings is 2. The number of aromatic amines is 1. The first-order valence-electron chi connectivity index (χ1n) is 9.80. The third-order valence-corrected chi connectivity index (χ3v) is 5.08. The Bertz CT molecular complexity index is 1220. The van der Waals surface area contributed by atoms with Gasteiger partial charge in [-0.15, -0.1) is 5.10 Å². The summed E-state index contributed by atoms with van der Waals surface area (Å²) in [6.07, 6.45) is -3.28. The second-order valence-corrected chi connectivity index (χ2v) is 7.18. The number of pyridine rings is 1. The molecule has 0 saturated heterocycles. The van der Waals surface area contributed by atoms with Crippen molar-refractivity contribution in [2.45, 2.75) is 25.9 Å². The van der Waals surface area contributed by atoms with Gasteiger partial charge in [-0.05, 0) is 46.9 Å². The molecule has 0 saturated carbocycles. The van der Waals surface area contributed by atoms with Crippen molar-refractivity contribution in [1.82, 2.24) is 15.2 Å². The maximum Gasteiger partial charge on any atom is 0.393 e. The van der Waals surface area contributed by atoms with E-state index in [1.165, 1.54) is 6.07 Å². The summed E-state index contributed by atoms with van der Waals surface area (Å²) in [6, 6.07) is 16.8. The van der Waals surface area contributed by atoms with Gasteiger partial charge in [-0.3, -0.25) is 10.1 Å². The number of nitrogens with zero attached hydrogens (tertiary/aromatic N) is 2. The molecule has 1 N–H and O–H groups in total. The van der Waals surface area contributed by atoms with E-state index in [1.807, 2.05) is 6.92 Å². The van der Waals surface area contributed by atoms with Crippen molar-refractivity contribution < 1.29 is 17.6 Å². The first-order valence-corrected chi connectivity index (χ1v) is 9.80. The summed E-state index contributed by atoms with van der Waals surface area (Å²) >= 11 is 0. The van der Waals surface area contributed by atoms with Crippen LogP contribution in [0.15, 0.2) is 66.9 Å². The number of aromatic nitrogens is 3. The molecule has 0 unspecified atom stereocenters. The minimum atomic E-state index is -4.43. The Balaban J connectivity index is 2.03. The summed E-state index contributed by atoms with van der Waals surface area (Å²) in [5.74, 6) is -0.701. The molecular formula is C24H19F4N3. The number of hydrogen-bond donors (Lipinski definition) is 1. The molecule has 0 radical (unpaired) electrons. The van der Waals surface area contributed by atoms with Gasteiger partial charge in [0.05, 0.1) is 17.3 Å². The molecule has 0 atom stereocenters. The molecule has 2 aromatic heterocycles. The van der Waals surface area contributed by atoms with Crippen LogP contribution in [0.1, 0.15) is 35.7 Å². The van der Waals surface area contributed by atoms with Crippen LogP contribution in [-0.4, -0.2) is 21.4 Å². The van der Waals surface area contributed by atoms with E-state index < -0.39 is 18.5 Å². The van der Waals surface area contributed by atoms with E-state index >= 15 is 0 Å². The van der Waals surface area contributed by atoms with Crippen LogP contribution in [0, 0.1) is 5.95 Å². The first-order chi connectivity index (χ1) is 14.9. The molecule has 0 aliphatic heterocycles. The maximum absolute atomic E-state index is 14.1. The average molecular weight is 425 g/mol. The summed E-state index contributed by atoms with van der Waals surface area (Å²) in [6.45, 7) is 1.95. The molecule has 0 spiro atoms.